The lowest BCUT2D eigenvalue weighted by Crippen LogP contribution is -2.42. The zero-order valence-corrected chi connectivity index (χ0v) is 12.0. The highest BCUT2D eigenvalue weighted by Gasteiger charge is 2.22. The lowest BCUT2D eigenvalue weighted by molar-refractivity contribution is 0.250. The first-order chi connectivity index (χ1) is 9.65. The minimum atomic E-state index is -0.270. The van der Waals surface area contributed by atoms with E-state index >= 15 is 0 Å². The molecule has 0 bridgehead atoms. The van der Waals surface area contributed by atoms with Gasteiger partial charge in [-0.1, -0.05) is 12.1 Å². The van der Waals surface area contributed by atoms with E-state index in [2.05, 4.69) is 23.9 Å². The first kappa shape index (κ1) is 13.2. The predicted molar refractivity (Wildman–Crippen MR) is 81.4 cm³/mol. The molecular weight excluding hydrogens is 252 g/mol. The van der Waals surface area contributed by atoms with Gasteiger partial charge >= 0.3 is 5.63 Å². The van der Waals surface area contributed by atoms with Gasteiger partial charge in [-0.15, -0.1) is 0 Å². The molecule has 2 aromatic rings. The Morgan fingerprint density at radius 2 is 1.90 bits per heavy atom. The Balaban J connectivity index is 1.93. The zero-order valence-electron chi connectivity index (χ0n) is 12.0. The number of piperidine rings is 1. The van der Waals surface area contributed by atoms with Gasteiger partial charge in [-0.3, -0.25) is 0 Å². The Kier molecular flexibility index (Phi) is 3.49. The molecule has 1 aliphatic heterocycles. The van der Waals surface area contributed by atoms with Crippen molar-refractivity contribution in [2.75, 3.05) is 32.1 Å². The van der Waals surface area contributed by atoms with Crippen molar-refractivity contribution in [1.82, 2.24) is 4.90 Å². The van der Waals surface area contributed by atoms with Gasteiger partial charge in [-0.25, -0.2) is 4.79 Å². The quantitative estimate of drug-likeness (QED) is 0.786. The topological polar surface area (TPSA) is 36.7 Å². The molecule has 0 spiro atoms. The molecule has 1 aliphatic rings. The first-order valence-corrected chi connectivity index (χ1v) is 7.09. The fourth-order valence-electron chi connectivity index (χ4n) is 2.98. The van der Waals surface area contributed by atoms with E-state index in [0.29, 0.717) is 11.6 Å². The summed E-state index contributed by atoms with van der Waals surface area (Å²) in [5.41, 5.74) is 1.41. The number of para-hydroxylation sites is 1. The lowest BCUT2D eigenvalue weighted by Gasteiger charge is -2.36. The number of nitrogens with zero attached hydrogens (tertiary/aromatic N) is 2. The van der Waals surface area contributed by atoms with Crippen LogP contribution in [-0.4, -0.2) is 38.1 Å². The summed E-state index contributed by atoms with van der Waals surface area (Å²) >= 11 is 0. The molecule has 4 nitrogen and oxygen atoms in total. The fraction of sp³-hybridized carbons (Fsp3) is 0.438. The molecule has 106 valence electrons. The van der Waals surface area contributed by atoms with E-state index in [1.54, 1.807) is 6.07 Å². The van der Waals surface area contributed by atoms with E-state index in [-0.39, 0.29) is 5.63 Å². The van der Waals surface area contributed by atoms with E-state index in [1.807, 2.05) is 24.3 Å². The summed E-state index contributed by atoms with van der Waals surface area (Å²) in [6, 6.07) is 10.0. The van der Waals surface area contributed by atoms with Gasteiger partial charge in [0.15, 0.2) is 0 Å². The van der Waals surface area contributed by atoms with E-state index < -0.39 is 0 Å². The highest BCUT2D eigenvalue weighted by molar-refractivity contribution is 5.90. The van der Waals surface area contributed by atoms with E-state index in [1.165, 1.54) is 0 Å². The van der Waals surface area contributed by atoms with Crippen LogP contribution in [0.4, 0.5) is 5.69 Å². The molecule has 3 rings (SSSR count). The average molecular weight is 272 g/mol. The standard InChI is InChI=1S/C16H20N2O2/c1-17(2)12-7-9-18(10-8-12)14-11-16(19)20-15-6-4-3-5-13(14)15/h3-6,11-12H,7-10H2,1-2H3. The van der Waals surface area contributed by atoms with E-state index in [0.717, 1.165) is 37.0 Å². The number of rotatable bonds is 2. The maximum absolute atomic E-state index is 11.7. The molecule has 0 N–H and O–H groups in total. The Labute approximate surface area is 118 Å². The second-order valence-corrected chi connectivity index (χ2v) is 5.63. The smallest absolute Gasteiger partial charge is 0.338 e. The largest absolute Gasteiger partial charge is 0.423 e. The Bertz CT molecular complexity index is 655. The highest BCUT2D eigenvalue weighted by atomic mass is 16.4. The van der Waals surface area contributed by atoms with Crippen molar-refractivity contribution < 1.29 is 4.42 Å². The molecule has 0 saturated carbocycles. The number of anilines is 1. The molecule has 2 heterocycles. The van der Waals surface area contributed by atoms with Crippen LogP contribution in [0.25, 0.3) is 11.0 Å². The number of hydrogen-bond donors (Lipinski definition) is 0. The van der Waals surface area contributed by atoms with Gasteiger partial charge in [0.1, 0.15) is 5.58 Å². The van der Waals surface area contributed by atoms with Crippen LogP contribution < -0.4 is 10.5 Å². The van der Waals surface area contributed by atoms with Crippen molar-refractivity contribution in [2.24, 2.45) is 0 Å². The van der Waals surface area contributed by atoms with Crippen molar-refractivity contribution in [3.63, 3.8) is 0 Å². The van der Waals surface area contributed by atoms with Crippen LogP contribution in [0.2, 0.25) is 0 Å². The molecule has 0 aliphatic carbocycles. The molecule has 0 radical (unpaired) electrons. The summed E-state index contributed by atoms with van der Waals surface area (Å²) in [5, 5.41) is 1.02. The maximum atomic E-state index is 11.7. The van der Waals surface area contributed by atoms with Gasteiger partial charge in [0.25, 0.3) is 0 Å². The van der Waals surface area contributed by atoms with Gasteiger partial charge in [0.2, 0.25) is 0 Å². The zero-order chi connectivity index (χ0) is 14.1. The molecule has 0 atom stereocenters. The highest BCUT2D eigenvalue weighted by Crippen LogP contribution is 2.28. The minimum absolute atomic E-state index is 0.270. The fourth-order valence-corrected chi connectivity index (χ4v) is 2.98. The van der Waals surface area contributed by atoms with E-state index in [9.17, 15) is 4.79 Å². The Morgan fingerprint density at radius 3 is 2.60 bits per heavy atom. The molecule has 1 aromatic carbocycles. The van der Waals surface area contributed by atoms with Gasteiger partial charge in [-0.05, 0) is 39.1 Å². The van der Waals surface area contributed by atoms with Crippen molar-refractivity contribution in [1.29, 1.82) is 0 Å². The maximum Gasteiger partial charge on any atom is 0.338 e. The van der Waals surface area contributed by atoms with Crippen LogP contribution in [0.1, 0.15) is 12.8 Å². The Morgan fingerprint density at radius 1 is 1.20 bits per heavy atom. The lowest BCUT2D eigenvalue weighted by atomic mass is 10.0. The number of fused-ring (bicyclic) bond motifs is 1. The van der Waals surface area contributed by atoms with Crippen LogP contribution in [0, 0.1) is 0 Å². The van der Waals surface area contributed by atoms with Crippen LogP contribution in [0.5, 0.6) is 0 Å². The van der Waals surface area contributed by atoms with Crippen LogP contribution in [-0.2, 0) is 0 Å². The van der Waals surface area contributed by atoms with Crippen molar-refractivity contribution >= 4 is 16.7 Å². The van der Waals surface area contributed by atoms with Crippen molar-refractivity contribution in [3.8, 4) is 0 Å². The molecule has 0 unspecified atom stereocenters. The molecule has 0 amide bonds. The molecule has 1 saturated heterocycles. The Hall–Kier alpha value is -1.81. The normalized spacial score (nSPS) is 17.1. The monoisotopic (exact) mass is 272 g/mol. The average Bonchev–Trinajstić information content (AvgIpc) is 2.46. The third-order valence-electron chi connectivity index (χ3n) is 4.16. The number of hydrogen-bond acceptors (Lipinski definition) is 4. The minimum Gasteiger partial charge on any atom is -0.423 e. The van der Waals surface area contributed by atoms with E-state index in [4.69, 9.17) is 4.42 Å². The molecule has 4 heteroatoms. The summed E-state index contributed by atoms with van der Waals surface area (Å²) in [6.45, 7) is 1.96. The molecule has 1 aromatic heterocycles. The summed E-state index contributed by atoms with van der Waals surface area (Å²) in [6.07, 6.45) is 2.25. The predicted octanol–water partition coefficient (Wildman–Crippen LogP) is 2.32. The second kappa shape index (κ2) is 5.29. The second-order valence-electron chi connectivity index (χ2n) is 5.63. The molecule has 1 fully saturated rings. The van der Waals surface area contributed by atoms with Crippen LogP contribution in [0.3, 0.4) is 0 Å². The summed E-state index contributed by atoms with van der Waals surface area (Å²) < 4.78 is 5.26. The number of benzene rings is 1. The van der Waals surface area contributed by atoms with Gasteiger partial charge in [0.05, 0.1) is 5.69 Å². The third-order valence-corrected chi connectivity index (χ3v) is 4.16. The van der Waals surface area contributed by atoms with Crippen molar-refractivity contribution in [2.45, 2.75) is 18.9 Å². The summed E-state index contributed by atoms with van der Waals surface area (Å²) in [5.74, 6) is 0. The van der Waals surface area contributed by atoms with Gasteiger partial charge < -0.3 is 14.2 Å². The SMILES string of the molecule is CN(C)C1CCN(c2cc(=O)oc3ccccc23)CC1. The van der Waals surface area contributed by atoms with Gasteiger partial charge in [-0.2, -0.15) is 0 Å². The third kappa shape index (κ3) is 2.43. The molecular formula is C16H20N2O2. The van der Waals surface area contributed by atoms with Crippen molar-refractivity contribution in [3.05, 3.63) is 40.8 Å². The molecule has 20 heavy (non-hydrogen) atoms. The first-order valence-electron chi connectivity index (χ1n) is 7.09. The van der Waals surface area contributed by atoms with Crippen LogP contribution >= 0.6 is 0 Å². The van der Waals surface area contributed by atoms with Crippen LogP contribution in [0.15, 0.2) is 39.5 Å². The summed E-state index contributed by atoms with van der Waals surface area (Å²) in [7, 11) is 4.26. The van der Waals surface area contributed by atoms with Gasteiger partial charge in [0, 0.05) is 30.6 Å². The summed E-state index contributed by atoms with van der Waals surface area (Å²) in [4.78, 5) is 16.3.